The van der Waals surface area contributed by atoms with Gasteiger partial charge in [-0.3, -0.25) is 14.4 Å². The summed E-state index contributed by atoms with van der Waals surface area (Å²) in [5.41, 5.74) is 1.24. The molecule has 6 rings (SSSR count). The minimum atomic E-state index is -0.798. The molecule has 1 saturated heterocycles. The highest BCUT2D eigenvalue weighted by Crippen LogP contribution is 2.51. The molecule has 3 aliphatic carbocycles. The zero-order chi connectivity index (χ0) is 34.0. The summed E-state index contributed by atoms with van der Waals surface area (Å²) in [4.78, 5) is 62.2. The van der Waals surface area contributed by atoms with Crippen LogP contribution in [0.4, 0.5) is 4.79 Å². The molecular weight excluding hydrogens is 596 g/mol. The molecule has 258 valence electrons. The Morgan fingerprint density at radius 2 is 1.85 bits per heavy atom. The van der Waals surface area contributed by atoms with Crippen LogP contribution in [-0.2, 0) is 20.7 Å². The highest BCUT2D eigenvalue weighted by atomic mass is 16.6. The number of unbranched alkanes of at least 4 members (excludes halogenated alkanes) is 2. The van der Waals surface area contributed by atoms with E-state index in [-0.39, 0.29) is 35.2 Å². The minimum absolute atomic E-state index is 0.0734. The maximum Gasteiger partial charge on any atom is 0.408 e. The third-order valence-corrected chi connectivity index (χ3v) is 10.8. The molecule has 1 aromatic heterocycles. The van der Waals surface area contributed by atoms with Crippen LogP contribution in [0.25, 0.3) is 11.0 Å². The average molecular weight is 651 g/mol. The summed E-state index contributed by atoms with van der Waals surface area (Å²) >= 11 is 0. The summed E-state index contributed by atoms with van der Waals surface area (Å²) < 4.78 is 11.4. The van der Waals surface area contributed by atoms with Crippen LogP contribution in [0.2, 0.25) is 0 Å². The lowest BCUT2D eigenvalue weighted by Gasteiger charge is -2.50. The lowest BCUT2D eigenvalue weighted by molar-refractivity contribution is -0.143. The van der Waals surface area contributed by atoms with Gasteiger partial charge >= 0.3 is 6.09 Å². The first-order valence-electron chi connectivity index (χ1n) is 17.6. The van der Waals surface area contributed by atoms with E-state index in [0.29, 0.717) is 47.7 Å². The fourth-order valence-corrected chi connectivity index (χ4v) is 8.02. The molecule has 2 heterocycles. The fourth-order valence-electron chi connectivity index (χ4n) is 8.02. The molecule has 2 bridgehead atoms. The fraction of sp³-hybridized carbons (Fsp3) is 0.703. The maximum absolute atomic E-state index is 13.9. The van der Waals surface area contributed by atoms with Crippen LogP contribution >= 0.6 is 0 Å². The second-order valence-corrected chi connectivity index (χ2v) is 15.7. The molecule has 2 aromatic rings. The van der Waals surface area contributed by atoms with Gasteiger partial charge in [0.15, 0.2) is 5.78 Å². The molecule has 4 fully saturated rings. The number of rotatable bonds is 12. The van der Waals surface area contributed by atoms with Crippen LogP contribution in [0.15, 0.2) is 23.0 Å². The zero-order valence-electron chi connectivity index (χ0n) is 29.3. The second kappa shape index (κ2) is 14.4. The molecule has 4 aliphatic rings. The van der Waals surface area contributed by atoms with Gasteiger partial charge < -0.3 is 24.7 Å². The number of benzene rings is 1. The number of hydrogen-bond donors (Lipinski definition) is 2. The Bertz CT molecular complexity index is 1510. The van der Waals surface area contributed by atoms with Gasteiger partial charge in [-0.1, -0.05) is 54.4 Å². The standard InChI is InChI=1S/C37H54N4O6/c1-21(2)32(42)31-22(3)15-16-41(31)35(44)33(37(4,5)6)40-36(45)47-30-19-23-17-24(18-23)26(30)11-9-8-10-12-28-34(43)39-29-20-25(46-7)13-14-27(29)38-28/h13-14,20-24,26,30-31,33H,8-12,15-19H2,1-7H3,(H,39,43)(H,40,45)/t22-,23?,24?,26-,30?,31+,33-/m1/s1. The summed E-state index contributed by atoms with van der Waals surface area (Å²) in [6.45, 7) is 12.1. The first-order valence-corrected chi connectivity index (χ1v) is 17.6. The Hall–Kier alpha value is -3.43. The van der Waals surface area contributed by atoms with Crippen molar-refractivity contribution in [3.63, 3.8) is 0 Å². The van der Waals surface area contributed by atoms with Crippen LogP contribution in [0.3, 0.4) is 0 Å². The number of carbonyl (C=O) groups is 3. The van der Waals surface area contributed by atoms with Crippen LogP contribution in [-0.4, -0.2) is 64.5 Å². The Kier molecular flexibility index (Phi) is 10.7. The largest absolute Gasteiger partial charge is 0.497 e. The van der Waals surface area contributed by atoms with E-state index < -0.39 is 23.6 Å². The minimum Gasteiger partial charge on any atom is -0.497 e. The van der Waals surface area contributed by atoms with Crippen molar-refractivity contribution in [1.82, 2.24) is 20.2 Å². The molecule has 1 unspecified atom stereocenters. The molecule has 1 aromatic carbocycles. The number of nitrogens with zero attached hydrogens (tertiary/aromatic N) is 2. The van der Waals surface area contributed by atoms with E-state index in [2.05, 4.69) is 15.3 Å². The van der Waals surface area contributed by atoms with Crippen LogP contribution < -0.4 is 15.6 Å². The first-order chi connectivity index (χ1) is 22.3. The Morgan fingerprint density at radius 1 is 1.11 bits per heavy atom. The second-order valence-electron chi connectivity index (χ2n) is 15.7. The maximum atomic E-state index is 13.9. The van der Waals surface area contributed by atoms with E-state index in [1.54, 1.807) is 18.1 Å². The van der Waals surface area contributed by atoms with E-state index >= 15 is 0 Å². The Labute approximate surface area is 278 Å². The SMILES string of the molecule is COc1ccc2nc(CCCCC[C@@H]3C4CC(C4)CC3OC(=O)N[C@H](C(=O)N3CC[C@@H](C)[C@H]3C(=O)C(C)C)C(C)(C)C)c(=O)[nH]c2c1. The predicted molar refractivity (Wildman–Crippen MR) is 181 cm³/mol. The van der Waals surface area contributed by atoms with Crippen molar-refractivity contribution >= 4 is 28.8 Å². The molecule has 2 amide bonds. The third-order valence-electron chi connectivity index (χ3n) is 10.8. The summed E-state index contributed by atoms with van der Waals surface area (Å²) in [7, 11) is 1.59. The number of ketones is 1. The van der Waals surface area contributed by atoms with Gasteiger partial charge in [0.2, 0.25) is 5.91 Å². The van der Waals surface area contributed by atoms with Crippen molar-refractivity contribution in [2.45, 2.75) is 118 Å². The number of aromatic nitrogens is 2. The number of H-pyrrole nitrogens is 1. The molecule has 0 spiro atoms. The molecular formula is C37H54N4O6. The van der Waals surface area contributed by atoms with Gasteiger partial charge in [-0.15, -0.1) is 0 Å². The van der Waals surface area contributed by atoms with E-state index in [1.807, 2.05) is 53.7 Å². The molecule has 2 N–H and O–H groups in total. The number of methoxy groups -OCH3 is 1. The van der Waals surface area contributed by atoms with E-state index in [4.69, 9.17) is 9.47 Å². The van der Waals surface area contributed by atoms with Crippen LogP contribution in [0.5, 0.6) is 5.75 Å². The van der Waals surface area contributed by atoms with Gasteiger partial charge in [0, 0.05) is 18.5 Å². The molecule has 47 heavy (non-hydrogen) atoms. The van der Waals surface area contributed by atoms with Crippen LogP contribution in [0.1, 0.15) is 98.6 Å². The average Bonchev–Trinajstić information content (AvgIpc) is 3.39. The van der Waals surface area contributed by atoms with E-state index in [1.165, 1.54) is 12.8 Å². The number of Topliss-reactive ketones (excluding diaryl/α,β-unsaturated/α-hetero) is 1. The zero-order valence-corrected chi connectivity index (χ0v) is 29.3. The van der Waals surface area contributed by atoms with Crippen molar-refractivity contribution in [1.29, 1.82) is 0 Å². The number of carbonyl (C=O) groups excluding carboxylic acids is 3. The van der Waals surface area contributed by atoms with Gasteiger partial charge in [-0.05, 0) is 86.2 Å². The number of ether oxygens (including phenoxy) is 2. The number of aromatic amines is 1. The normalized spacial score (nSPS) is 26.2. The number of hydrogen-bond acceptors (Lipinski definition) is 7. The first kappa shape index (κ1) is 34.9. The lowest BCUT2D eigenvalue weighted by atomic mass is 9.58. The number of fused-ring (bicyclic) bond motifs is 3. The van der Waals surface area contributed by atoms with Crippen molar-refractivity contribution in [2.75, 3.05) is 13.7 Å². The number of likely N-dealkylation sites (tertiary alicyclic amines) is 1. The quantitative estimate of drug-likeness (QED) is 0.267. The highest BCUT2D eigenvalue weighted by Gasteiger charge is 2.48. The molecule has 10 nitrogen and oxygen atoms in total. The van der Waals surface area contributed by atoms with E-state index in [9.17, 15) is 19.2 Å². The highest BCUT2D eigenvalue weighted by molar-refractivity contribution is 5.94. The molecule has 10 heteroatoms. The van der Waals surface area contributed by atoms with Crippen molar-refractivity contribution in [3.05, 3.63) is 34.2 Å². The monoisotopic (exact) mass is 650 g/mol. The molecule has 0 radical (unpaired) electrons. The van der Waals surface area contributed by atoms with Gasteiger partial charge in [0.25, 0.3) is 5.56 Å². The Balaban J connectivity index is 1.15. The molecule has 5 atom stereocenters. The van der Waals surface area contributed by atoms with Gasteiger partial charge in [-0.2, -0.15) is 0 Å². The summed E-state index contributed by atoms with van der Waals surface area (Å²) in [6, 6.07) is 4.22. The molecule has 1 aliphatic heterocycles. The van der Waals surface area contributed by atoms with Gasteiger partial charge in [-0.25, -0.2) is 9.78 Å². The number of alkyl carbamates (subject to hydrolysis) is 1. The summed E-state index contributed by atoms with van der Waals surface area (Å²) in [6.07, 6.45) is 7.65. The predicted octanol–water partition coefficient (Wildman–Crippen LogP) is 6.05. The third kappa shape index (κ3) is 7.83. The van der Waals surface area contributed by atoms with Crippen molar-refractivity contribution < 1.29 is 23.9 Å². The van der Waals surface area contributed by atoms with Crippen molar-refractivity contribution in [3.8, 4) is 5.75 Å². The number of nitrogens with one attached hydrogen (secondary N) is 2. The topological polar surface area (TPSA) is 131 Å². The smallest absolute Gasteiger partial charge is 0.408 e. The number of aryl methyl sites for hydroxylation is 1. The Morgan fingerprint density at radius 3 is 2.53 bits per heavy atom. The van der Waals surface area contributed by atoms with Gasteiger partial charge in [0.1, 0.15) is 23.6 Å². The van der Waals surface area contributed by atoms with Crippen molar-refractivity contribution in [2.24, 2.45) is 35.0 Å². The summed E-state index contributed by atoms with van der Waals surface area (Å²) in [5.74, 6) is 1.90. The molecule has 3 saturated carbocycles. The van der Waals surface area contributed by atoms with Crippen LogP contribution in [0, 0.1) is 35.0 Å². The number of amides is 2. The van der Waals surface area contributed by atoms with Gasteiger partial charge in [0.05, 0.1) is 24.2 Å². The summed E-state index contributed by atoms with van der Waals surface area (Å²) in [5, 5.41) is 2.94. The lowest BCUT2D eigenvalue weighted by Crippen LogP contribution is -2.58. The van der Waals surface area contributed by atoms with E-state index in [0.717, 1.165) is 44.0 Å².